The topological polar surface area (TPSA) is 66.5 Å². The van der Waals surface area contributed by atoms with E-state index in [0.717, 1.165) is 28.8 Å². The number of hydrogen-bond donors (Lipinski definition) is 2. The van der Waals surface area contributed by atoms with Crippen LogP contribution < -0.4 is 5.32 Å². The van der Waals surface area contributed by atoms with E-state index in [2.05, 4.69) is 25.5 Å². The number of anilines is 2. The predicted molar refractivity (Wildman–Crippen MR) is 74.6 cm³/mol. The minimum absolute atomic E-state index is 0.529. The summed E-state index contributed by atoms with van der Waals surface area (Å²) in [5, 5.41) is 10.3. The smallest absolute Gasteiger partial charge is 0.153 e. The minimum Gasteiger partial charge on any atom is -0.323 e. The lowest BCUT2D eigenvalue weighted by Crippen LogP contribution is -2.05. The van der Waals surface area contributed by atoms with Gasteiger partial charge in [-0.05, 0) is 26.7 Å². The highest BCUT2D eigenvalue weighted by atomic mass is 15.2. The van der Waals surface area contributed by atoms with Crippen LogP contribution in [0.4, 0.5) is 11.6 Å². The van der Waals surface area contributed by atoms with Crippen molar-refractivity contribution in [3.05, 3.63) is 29.3 Å². The number of aromatic nitrogens is 4. The van der Waals surface area contributed by atoms with Gasteiger partial charge in [0.1, 0.15) is 11.6 Å². The van der Waals surface area contributed by atoms with E-state index in [1.165, 1.54) is 25.7 Å². The molecule has 1 aliphatic carbocycles. The van der Waals surface area contributed by atoms with Gasteiger partial charge in [-0.1, -0.05) is 12.8 Å². The van der Waals surface area contributed by atoms with E-state index < -0.39 is 0 Å². The van der Waals surface area contributed by atoms with Crippen LogP contribution in [0.5, 0.6) is 0 Å². The molecule has 0 aliphatic heterocycles. The molecule has 1 saturated carbocycles. The number of rotatable bonds is 3. The van der Waals surface area contributed by atoms with Crippen LogP contribution in [-0.4, -0.2) is 20.2 Å². The zero-order valence-corrected chi connectivity index (χ0v) is 11.4. The zero-order valence-electron chi connectivity index (χ0n) is 11.4. The lowest BCUT2D eigenvalue weighted by Gasteiger charge is -2.10. The third-order valence-electron chi connectivity index (χ3n) is 3.55. The number of nitrogens with one attached hydrogen (secondary N) is 2. The molecule has 2 N–H and O–H groups in total. The molecule has 0 spiro atoms. The molecule has 0 saturated heterocycles. The van der Waals surface area contributed by atoms with Crippen LogP contribution in [0.25, 0.3) is 0 Å². The Morgan fingerprint density at radius 2 is 1.89 bits per heavy atom. The number of hydrogen-bond acceptors (Lipinski definition) is 4. The first-order valence-electron chi connectivity index (χ1n) is 6.85. The molecule has 19 heavy (non-hydrogen) atoms. The lowest BCUT2D eigenvalue weighted by atomic mass is 10.1. The molecular formula is C14H19N5. The van der Waals surface area contributed by atoms with E-state index in [0.29, 0.717) is 5.92 Å². The van der Waals surface area contributed by atoms with Crippen LogP contribution in [0.3, 0.4) is 0 Å². The molecule has 0 aromatic carbocycles. The maximum Gasteiger partial charge on any atom is 0.153 e. The third kappa shape index (κ3) is 2.75. The molecular weight excluding hydrogens is 238 g/mol. The van der Waals surface area contributed by atoms with Crippen molar-refractivity contribution < 1.29 is 0 Å². The van der Waals surface area contributed by atoms with Crippen molar-refractivity contribution >= 4 is 11.6 Å². The molecule has 3 rings (SSSR count). The van der Waals surface area contributed by atoms with E-state index in [1.807, 2.05) is 26.0 Å². The molecule has 2 aromatic rings. The quantitative estimate of drug-likeness (QED) is 0.886. The zero-order chi connectivity index (χ0) is 13.2. The Kier molecular flexibility index (Phi) is 3.19. The van der Waals surface area contributed by atoms with Crippen molar-refractivity contribution in [2.45, 2.75) is 45.4 Å². The third-order valence-corrected chi connectivity index (χ3v) is 3.55. The first kappa shape index (κ1) is 12.1. The van der Waals surface area contributed by atoms with Crippen molar-refractivity contribution in [3.63, 3.8) is 0 Å². The highest BCUT2D eigenvalue weighted by Crippen LogP contribution is 2.32. The van der Waals surface area contributed by atoms with Gasteiger partial charge in [-0.3, -0.25) is 5.10 Å². The van der Waals surface area contributed by atoms with Gasteiger partial charge in [-0.15, -0.1) is 0 Å². The Balaban J connectivity index is 1.84. The second-order valence-corrected chi connectivity index (χ2v) is 5.30. The molecule has 2 heterocycles. The molecule has 0 amide bonds. The van der Waals surface area contributed by atoms with Gasteiger partial charge in [0.15, 0.2) is 5.82 Å². The first-order chi connectivity index (χ1) is 9.20. The summed E-state index contributed by atoms with van der Waals surface area (Å²) in [5.74, 6) is 3.14. The molecule has 5 heteroatoms. The second-order valence-electron chi connectivity index (χ2n) is 5.30. The maximum absolute atomic E-state index is 4.64. The SMILES string of the molecule is Cc1cc(Nc2cc(C)[nH]n2)nc(C2CCCC2)n1. The fraction of sp³-hybridized carbons (Fsp3) is 0.500. The summed E-state index contributed by atoms with van der Waals surface area (Å²) in [6.07, 6.45) is 5.02. The maximum atomic E-state index is 4.64. The van der Waals surface area contributed by atoms with Gasteiger partial charge in [0.25, 0.3) is 0 Å². The average molecular weight is 257 g/mol. The van der Waals surface area contributed by atoms with Gasteiger partial charge in [-0.25, -0.2) is 9.97 Å². The Hall–Kier alpha value is -1.91. The molecule has 100 valence electrons. The Bertz CT molecular complexity index is 569. The summed E-state index contributed by atoms with van der Waals surface area (Å²) in [5.41, 5.74) is 2.04. The molecule has 0 radical (unpaired) electrons. The number of H-pyrrole nitrogens is 1. The highest BCUT2D eigenvalue weighted by Gasteiger charge is 2.20. The highest BCUT2D eigenvalue weighted by molar-refractivity contribution is 5.52. The Morgan fingerprint density at radius 1 is 1.11 bits per heavy atom. The van der Waals surface area contributed by atoms with E-state index >= 15 is 0 Å². The van der Waals surface area contributed by atoms with Crippen LogP contribution in [-0.2, 0) is 0 Å². The summed E-state index contributed by atoms with van der Waals surface area (Å²) in [4.78, 5) is 9.23. The average Bonchev–Trinajstić information content (AvgIpc) is 3.00. The molecule has 0 bridgehead atoms. The second kappa shape index (κ2) is 4.99. The molecule has 0 atom stereocenters. The molecule has 2 aromatic heterocycles. The molecule has 1 fully saturated rings. The van der Waals surface area contributed by atoms with Crippen LogP contribution in [0.15, 0.2) is 12.1 Å². The van der Waals surface area contributed by atoms with E-state index in [4.69, 9.17) is 0 Å². The summed E-state index contributed by atoms with van der Waals surface area (Å²) >= 11 is 0. The van der Waals surface area contributed by atoms with Crippen molar-refractivity contribution in [1.29, 1.82) is 0 Å². The number of aryl methyl sites for hydroxylation is 2. The monoisotopic (exact) mass is 257 g/mol. The summed E-state index contributed by atoms with van der Waals surface area (Å²) in [7, 11) is 0. The minimum atomic E-state index is 0.529. The van der Waals surface area contributed by atoms with Crippen molar-refractivity contribution in [1.82, 2.24) is 20.2 Å². The van der Waals surface area contributed by atoms with E-state index in [-0.39, 0.29) is 0 Å². The van der Waals surface area contributed by atoms with Crippen LogP contribution >= 0.6 is 0 Å². The number of aromatic amines is 1. The standard InChI is InChI=1S/C14H19N5/c1-9-7-12(16-13-8-10(2)18-19-13)17-14(15-9)11-5-3-4-6-11/h7-8,11H,3-6H2,1-2H3,(H2,15,16,17,18,19). The Morgan fingerprint density at radius 3 is 2.58 bits per heavy atom. The fourth-order valence-corrected chi connectivity index (χ4v) is 2.64. The largest absolute Gasteiger partial charge is 0.323 e. The summed E-state index contributed by atoms with van der Waals surface area (Å²) in [6.45, 7) is 3.99. The number of nitrogens with zero attached hydrogens (tertiary/aromatic N) is 3. The van der Waals surface area contributed by atoms with Gasteiger partial charge in [0.05, 0.1) is 0 Å². The van der Waals surface area contributed by atoms with Gasteiger partial charge >= 0.3 is 0 Å². The van der Waals surface area contributed by atoms with E-state index in [9.17, 15) is 0 Å². The molecule has 0 unspecified atom stereocenters. The van der Waals surface area contributed by atoms with Crippen LogP contribution in [0.1, 0.15) is 48.8 Å². The summed E-state index contributed by atoms with van der Waals surface area (Å²) < 4.78 is 0. The Labute approximate surface area is 112 Å². The normalized spacial score (nSPS) is 15.9. The van der Waals surface area contributed by atoms with Gasteiger partial charge in [0, 0.05) is 29.4 Å². The van der Waals surface area contributed by atoms with Crippen LogP contribution in [0.2, 0.25) is 0 Å². The fourth-order valence-electron chi connectivity index (χ4n) is 2.64. The van der Waals surface area contributed by atoms with Gasteiger partial charge < -0.3 is 5.32 Å². The summed E-state index contributed by atoms with van der Waals surface area (Å²) in [6, 6.07) is 3.93. The van der Waals surface area contributed by atoms with Gasteiger partial charge in [-0.2, -0.15) is 5.10 Å². The molecule has 1 aliphatic rings. The first-order valence-corrected chi connectivity index (χ1v) is 6.85. The van der Waals surface area contributed by atoms with Crippen molar-refractivity contribution in [2.24, 2.45) is 0 Å². The van der Waals surface area contributed by atoms with Crippen LogP contribution in [0, 0.1) is 13.8 Å². The predicted octanol–water partition coefficient (Wildman–Crippen LogP) is 3.22. The van der Waals surface area contributed by atoms with E-state index in [1.54, 1.807) is 0 Å². The van der Waals surface area contributed by atoms with Crippen molar-refractivity contribution in [2.75, 3.05) is 5.32 Å². The lowest BCUT2D eigenvalue weighted by molar-refractivity contribution is 0.665. The van der Waals surface area contributed by atoms with Gasteiger partial charge in [0.2, 0.25) is 0 Å². The molecule has 5 nitrogen and oxygen atoms in total. The van der Waals surface area contributed by atoms with Crippen molar-refractivity contribution in [3.8, 4) is 0 Å².